The summed E-state index contributed by atoms with van der Waals surface area (Å²) in [5.41, 5.74) is 3.94. The van der Waals surface area contributed by atoms with E-state index < -0.39 is 0 Å². The average molecular weight is 317 g/mol. The van der Waals surface area contributed by atoms with Crippen molar-refractivity contribution in [3.05, 3.63) is 58.4 Å². The first kappa shape index (κ1) is 17.3. The van der Waals surface area contributed by atoms with Gasteiger partial charge >= 0.3 is 0 Å². The fourth-order valence-corrected chi connectivity index (χ4v) is 2.92. The summed E-state index contributed by atoms with van der Waals surface area (Å²) in [5.74, 6) is 0.235. The van der Waals surface area contributed by atoms with Crippen LogP contribution in [0.1, 0.15) is 35.2 Å². The highest BCUT2D eigenvalue weighted by Crippen LogP contribution is 2.28. The van der Waals surface area contributed by atoms with E-state index in [0.717, 1.165) is 22.3 Å². The highest BCUT2D eigenvalue weighted by atomic mass is 19.1. The van der Waals surface area contributed by atoms with Crippen molar-refractivity contribution in [1.82, 2.24) is 5.32 Å². The molecule has 0 aliphatic heterocycles. The first-order chi connectivity index (χ1) is 10.9. The Morgan fingerprint density at radius 2 is 1.96 bits per heavy atom. The molecule has 124 valence electrons. The maximum Gasteiger partial charge on any atom is 0.165 e. The fourth-order valence-electron chi connectivity index (χ4n) is 2.92. The van der Waals surface area contributed by atoms with Gasteiger partial charge in [-0.2, -0.15) is 0 Å². The summed E-state index contributed by atoms with van der Waals surface area (Å²) in [6.07, 6.45) is 0.705. The second-order valence-corrected chi connectivity index (χ2v) is 5.91. The first-order valence-electron chi connectivity index (χ1n) is 7.78. The topological polar surface area (TPSA) is 41.5 Å². The smallest absolute Gasteiger partial charge is 0.165 e. The van der Waals surface area contributed by atoms with E-state index in [9.17, 15) is 9.50 Å². The zero-order valence-electron chi connectivity index (χ0n) is 14.1. The summed E-state index contributed by atoms with van der Waals surface area (Å²) < 4.78 is 18.6. The number of methoxy groups -OCH3 is 1. The van der Waals surface area contributed by atoms with Crippen LogP contribution in [-0.2, 0) is 6.42 Å². The molecule has 2 N–H and O–H groups in total. The number of hydrogen-bond donors (Lipinski definition) is 2. The van der Waals surface area contributed by atoms with Crippen molar-refractivity contribution in [3.8, 4) is 11.5 Å². The Bertz CT molecular complexity index is 662. The van der Waals surface area contributed by atoms with Crippen molar-refractivity contribution < 1.29 is 14.2 Å². The van der Waals surface area contributed by atoms with E-state index in [-0.39, 0.29) is 17.6 Å². The lowest BCUT2D eigenvalue weighted by molar-refractivity contribution is 0.386. The molecule has 0 spiro atoms. The SMILES string of the molecule is COc1ccc(CCN[C@@H](C)c2c(C)cc(C)cc2O)cc1F. The van der Waals surface area contributed by atoms with Gasteiger partial charge in [-0.25, -0.2) is 4.39 Å². The largest absolute Gasteiger partial charge is 0.508 e. The molecule has 0 bridgehead atoms. The quantitative estimate of drug-likeness (QED) is 0.844. The van der Waals surface area contributed by atoms with E-state index in [0.29, 0.717) is 18.7 Å². The van der Waals surface area contributed by atoms with Crippen molar-refractivity contribution in [3.63, 3.8) is 0 Å². The molecule has 4 heteroatoms. The van der Waals surface area contributed by atoms with Gasteiger partial charge in [0.25, 0.3) is 0 Å². The summed E-state index contributed by atoms with van der Waals surface area (Å²) in [6, 6.07) is 8.87. The number of hydrogen-bond acceptors (Lipinski definition) is 3. The first-order valence-corrected chi connectivity index (χ1v) is 7.78. The van der Waals surface area contributed by atoms with E-state index in [1.807, 2.05) is 26.8 Å². The number of nitrogens with one attached hydrogen (secondary N) is 1. The number of aromatic hydroxyl groups is 1. The van der Waals surface area contributed by atoms with Gasteiger partial charge in [-0.3, -0.25) is 0 Å². The van der Waals surface area contributed by atoms with Gasteiger partial charge in [-0.1, -0.05) is 12.1 Å². The molecule has 0 radical (unpaired) electrons. The van der Waals surface area contributed by atoms with Crippen molar-refractivity contribution >= 4 is 0 Å². The fraction of sp³-hybridized carbons (Fsp3) is 0.368. The maximum atomic E-state index is 13.7. The normalized spacial score (nSPS) is 12.2. The lowest BCUT2D eigenvalue weighted by Crippen LogP contribution is -2.22. The molecule has 1 atom stereocenters. The Morgan fingerprint density at radius 3 is 2.57 bits per heavy atom. The van der Waals surface area contributed by atoms with Crippen LogP contribution < -0.4 is 10.1 Å². The minimum Gasteiger partial charge on any atom is -0.508 e. The standard InChI is InChI=1S/C19H24FNO2/c1-12-9-13(2)19(17(22)10-12)14(3)21-8-7-15-5-6-18(23-4)16(20)11-15/h5-6,9-11,14,21-22H,7-8H2,1-4H3/t14-/m0/s1. The van der Waals surface area contributed by atoms with Crippen LogP contribution in [0, 0.1) is 19.7 Å². The van der Waals surface area contributed by atoms with Crippen molar-refractivity contribution in [2.45, 2.75) is 33.2 Å². The van der Waals surface area contributed by atoms with Crippen LogP contribution in [0.25, 0.3) is 0 Å². The summed E-state index contributed by atoms with van der Waals surface area (Å²) >= 11 is 0. The van der Waals surface area contributed by atoms with Crippen LogP contribution in [0.15, 0.2) is 30.3 Å². The number of halogens is 1. The Morgan fingerprint density at radius 1 is 1.22 bits per heavy atom. The molecule has 0 amide bonds. The third-order valence-corrected chi connectivity index (χ3v) is 4.02. The minimum absolute atomic E-state index is 0.0266. The predicted molar refractivity (Wildman–Crippen MR) is 90.7 cm³/mol. The zero-order chi connectivity index (χ0) is 17.0. The molecule has 23 heavy (non-hydrogen) atoms. The third-order valence-electron chi connectivity index (χ3n) is 4.02. The van der Waals surface area contributed by atoms with E-state index in [1.54, 1.807) is 12.1 Å². The molecule has 2 aromatic rings. The highest BCUT2D eigenvalue weighted by Gasteiger charge is 2.13. The van der Waals surface area contributed by atoms with Gasteiger partial charge in [-0.05, 0) is 68.6 Å². The van der Waals surface area contributed by atoms with Gasteiger partial charge in [0, 0.05) is 11.6 Å². The molecule has 2 aromatic carbocycles. The highest BCUT2D eigenvalue weighted by molar-refractivity contribution is 5.43. The summed E-state index contributed by atoms with van der Waals surface area (Å²) in [7, 11) is 1.46. The third kappa shape index (κ3) is 4.23. The second-order valence-electron chi connectivity index (χ2n) is 5.91. The number of phenols is 1. The Labute approximate surface area is 137 Å². The van der Waals surface area contributed by atoms with E-state index in [2.05, 4.69) is 11.4 Å². The summed E-state index contributed by atoms with van der Waals surface area (Å²) in [6.45, 7) is 6.68. The van der Waals surface area contributed by atoms with Gasteiger partial charge in [0.1, 0.15) is 5.75 Å². The number of phenolic OH excluding ortho intramolecular Hbond substituents is 1. The van der Waals surface area contributed by atoms with Crippen LogP contribution in [-0.4, -0.2) is 18.8 Å². The molecule has 0 fully saturated rings. The molecule has 0 unspecified atom stereocenters. The number of benzene rings is 2. The Kier molecular flexibility index (Phi) is 5.61. The van der Waals surface area contributed by atoms with Crippen molar-refractivity contribution in [1.29, 1.82) is 0 Å². The zero-order valence-corrected chi connectivity index (χ0v) is 14.1. The molecule has 0 saturated carbocycles. The van der Waals surface area contributed by atoms with Crippen LogP contribution in [0.3, 0.4) is 0 Å². The average Bonchev–Trinajstić information content (AvgIpc) is 2.46. The van der Waals surface area contributed by atoms with E-state index in [1.165, 1.54) is 13.2 Å². The van der Waals surface area contributed by atoms with E-state index in [4.69, 9.17) is 4.74 Å². The lowest BCUT2D eigenvalue weighted by atomic mass is 9.98. The van der Waals surface area contributed by atoms with Crippen molar-refractivity contribution in [2.75, 3.05) is 13.7 Å². The maximum absolute atomic E-state index is 13.7. The van der Waals surface area contributed by atoms with E-state index >= 15 is 0 Å². The molecule has 0 aliphatic carbocycles. The van der Waals surface area contributed by atoms with Gasteiger partial charge in [-0.15, -0.1) is 0 Å². The van der Waals surface area contributed by atoms with Gasteiger partial charge in [0.15, 0.2) is 11.6 Å². The molecular weight excluding hydrogens is 293 g/mol. The van der Waals surface area contributed by atoms with Gasteiger partial charge in [0.05, 0.1) is 7.11 Å². The van der Waals surface area contributed by atoms with Crippen LogP contribution in [0.2, 0.25) is 0 Å². The van der Waals surface area contributed by atoms with Gasteiger partial charge in [0.2, 0.25) is 0 Å². The molecule has 0 heterocycles. The Balaban J connectivity index is 1.97. The number of ether oxygens (including phenoxy) is 1. The van der Waals surface area contributed by atoms with Crippen molar-refractivity contribution in [2.24, 2.45) is 0 Å². The molecule has 0 aliphatic rings. The minimum atomic E-state index is -0.343. The molecule has 2 rings (SSSR count). The Hall–Kier alpha value is -2.07. The predicted octanol–water partition coefficient (Wildman–Crippen LogP) is 4.05. The van der Waals surface area contributed by atoms with Gasteiger partial charge < -0.3 is 15.2 Å². The molecular formula is C19H24FNO2. The summed E-state index contributed by atoms with van der Waals surface area (Å²) in [4.78, 5) is 0. The second kappa shape index (κ2) is 7.47. The molecule has 0 aromatic heterocycles. The molecule has 3 nitrogen and oxygen atoms in total. The monoisotopic (exact) mass is 317 g/mol. The number of aryl methyl sites for hydroxylation is 2. The van der Waals surface area contributed by atoms with Crippen LogP contribution >= 0.6 is 0 Å². The van der Waals surface area contributed by atoms with Crippen LogP contribution in [0.4, 0.5) is 4.39 Å². The summed E-state index contributed by atoms with van der Waals surface area (Å²) in [5, 5.41) is 13.5. The lowest BCUT2D eigenvalue weighted by Gasteiger charge is -2.19. The van der Waals surface area contributed by atoms with Crippen LogP contribution in [0.5, 0.6) is 11.5 Å². The molecule has 0 saturated heterocycles. The number of rotatable bonds is 6.